The number of rotatable bonds is 6. The summed E-state index contributed by atoms with van der Waals surface area (Å²) in [6.07, 6.45) is 8.03. The molecule has 3 heteroatoms. The Labute approximate surface area is 116 Å². The second kappa shape index (κ2) is 5.81. The number of halogens is 1. The molecule has 1 N–H and O–H groups in total. The Hall–Kier alpha value is -0.240. The molecule has 0 aromatic carbocycles. The minimum absolute atomic E-state index is 0.0890. The molecular formula is C15H26ClNO. The van der Waals surface area contributed by atoms with Crippen LogP contribution in [0.15, 0.2) is 0 Å². The normalized spacial score (nSPS) is 24.2. The van der Waals surface area contributed by atoms with E-state index in [0.717, 1.165) is 19.3 Å². The first-order valence-electron chi connectivity index (χ1n) is 7.46. The van der Waals surface area contributed by atoms with E-state index in [-0.39, 0.29) is 16.7 Å². The van der Waals surface area contributed by atoms with Crippen molar-refractivity contribution >= 4 is 17.5 Å². The van der Waals surface area contributed by atoms with E-state index in [9.17, 15) is 4.79 Å². The van der Waals surface area contributed by atoms with Gasteiger partial charge in [-0.1, -0.05) is 26.7 Å². The van der Waals surface area contributed by atoms with Crippen LogP contribution in [0.5, 0.6) is 0 Å². The summed E-state index contributed by atoms with van der Waals surface area (Å²) < 4.78 is 0. The van der Waals surface area contributed by atoms with Crippen molar-refractivity contribution in [2.75, 3.05) is 6.54 Å². The molecule has 0 aromatic rings. The highest BCUT2D eigenvalue weighted by atomic mass is 35.5. The summed E-state index contributed by atoms with van der Waals surface area (Å²) in [7, 11) is 0. The number of alkyl halides is 1. The van der Waals surface area contributed by atoms with Crippen molar-refractivity contribution in [3.05, 3.63) is 0 Å². The third-order valence-corrected chi connectivity index (χ3v) is 4.94. The standard InChI is InChI=1S/C15H26ClNO/c1-11(2)9-15(7-3-4-8-15)14(18)17-10-13(16)12-5-6-12/h11-13H,3-10H2,1-2H3,(H,17,18). The van der Waals surface area contributed by atoms with E-state index in [1.54, 1.807) is 0 Å². The zero-order valence-electron chi connectivity index (χ0n) is 11.7. The van der Waals surface area contributed by atoms with E-state index in [1.165, 1.54) is 25.7 Å². The van der Waals surface area contributed by atoms with E-state index >= 15 is 0 Å². The molecule has 2 rings (SSSR count). The molecule has 1 atom stereocenters. The molecule has 104 valence electrons. The fraction of sp³-hybridized carbons (Fsp3) is 0.933. The van der Waals surface area contributed by atoms with Crippen molar-refractivity contribution in [3.63, 3.8) is 0 Å². The van der Waals surface area contributed by atoms with E-state index in [0.29, 0.717) is 18.4 Å². The van der Waals surface area contributed by atoms with Crippen molar-refractivity contribution in [1.29, 1.82) is 0 Å². The number of hydrogen-bond acceptors (Lipinski definition) is 1. The first-order chi connectivity index (χ1) is 8.53. The van der Waals surface area contributed by atoms with Gasteiger partial charge in [-0.25, -0.2) is 0 Å². The van der Waals surface area contributed by atoms with Gasteiger partial charge in [0.05, 0.1) is 5.38 Å². The molecule has 2 fully saturated rings. The molecule has 1 unspecified atom stereocenters. The summed E-state index contributed by atoms with van der Waals surface area (Å²) >= 11 is 6.27. The fourth-order valence-electron chi connectivity index (χ4n) is 3.36. The van der Waals surface area contributed by atoms with Gasteiger partial charge in [0.2, 0.25) is 5.91 Å². The average Bonchev–Trinajstić information content (AvgIpc) is 3.06. The Kier molecular flexibility index (Phi) is 4.58. The van der Waals surface area contributed by atoms with Gasteiger partial charge in [0.25, 0.3) is 0 Å². The Morgan fingerprint density at radius 1 is 1.33 bits per heavy atom. The summed E-state index contributed by atoms with van der Waals surface area (Å²) in [5.74, 6) is 1.50. The molecule has 0 bridgehead atoms. The number of nitrogens with one attached hydrogen (secondary N) is 1. The largest absolute Gasteiger partial charge is 0.354 e. The van der Waals surface area contributed by atoms with Crippen molar-refractivity contribution < 1.29 is 4.79 Å². The van der Waals surface area contributed by atoms with Gasteiger partial charge < -0.3 is 5.32 Å². The quantitative estimate of drug-likeness (QED) is 0.733. The first kappa shape index (κ1) is 14.2. The third-order valence-electron chi connectivity index (χ3n) is 4.43. The monoisotopic (exact) mass is 271 g/mol. The number of hydrogen-bond donors (Lipinski definition) is 1. The van der Waals surface area contributed by atoms with Gasteiger partial charge in [-0.05, 0) is 43.9 Å². The minimum Gasteiger partial charge on any atom is -0.354 e. The highest BCUT2D eigenvalue weighted by Gasteiger charge is 2.41. The Balaban J connectivity index is 1.87. The molecule has 0 spiro atoms. The van der Waals surface area contributed by atoms with Crippen molar-refractivity contribution in [3.8, 4) is 0 Å². The van der Waals surface area contributed by atoms with Crippen LogP contribution in [0.4, 0.5) is 0 Å². The Morgan fingerprint density at radius 3 is 2.44 bits per heavy atom. The van der Waals surface area contributed by atoms with Crippen LogP contribution in [0, 0.1) is 17.3 Å². The molecule has 18 heavy (non-hydrogen) atoms. The molecule has 0 saturated heterocycles. The van der Waals surface area contributed by atoms with Gasteiger partial charge >= 0.3 is 0 Å². The lowest BCUT2D eigenvalue weighted by Gasteiger charge is -2.30. The maximum absolute atomic E-state index is 12.5. The van der Waals surface area contributed by atoms with Crippen LogP contribution in [-0.2, 0) is 4.79 Å². The summed E-state index contributed by atoms with van der Waals surface area (Å²) in [5.41, 5.74) is -0.0890. The highest BCUT2D eigenvalue weighted by molar-refractivity contribution is 6.21. The van der Waals surface area contributed by atoms with Crippen molar-refractivity contribution in [2.45, 2.75) is 64.2 Å². The average molecular weight is 272 g/mol. The van der Waals surface area contributed by atoms with Gasteiger partial charge in [0.15, 0.2) is 0 Å². The number of amides is 1. The van der Waals surface area contributed by atoms with Gasteiger partial charge in [-0.2, -0.15) is 0 Å². The van der Waals surface area contributed by atoms with Gasteiger partial charge in [-0.15, -0.1) is 11.6 Å². The van der Waals surface area contributed by atoms with Crippen LogP contribution in [0.25, 0.3) is 0 Å². The molecule has 2 nitrogen and oxygen atoms in total. The molecule has 2 aliphatic rings. The lowest BCUT2D eigenvalue weighted by atomic mass is 9.77. The Morgan fingerprint density at radius 2 is 1.94 bits per heavy atom. The second-order valence-electron chi connectivity index (χ2n) is 6.65. The SMILES string of the molecule is CC(C)CC1(C(=O)NCC(Cl)C2CC2)CCCC1. The molecular weight excluding hydrogens is 246 g/mol. The summed E-state index contributed by atoms with van der Waals surface area (Å²) in [6.45, 7) is 5.08. The number of carbonyl (C=O) groups excluding carboxylic acids is 1. The summed E-state index contributed by atoms with van der Waals surface area (Å²) in [4.78, 5) is 12.5. The predicted molar refractivity (Wildman–Crippen MR) is 75.7 cm³/mol. The van der Waals surface area contributed by atoms with Crippen LogP contribution in [-0.4, -0.2) is 17.8 Å². The van der Waals surface area contributed by atoms with Crippen LogP contribution in [0.1, 0.15) is 58.8 Å². The first-order valence-corrected chi connectivity index (χ1v) is 7.89. The lowest BCUT2D eigenvalue weighted by Crippen LogP contribution is -2.42. The van der Waals surface area contributed by atoms with Gasteiger partial charge in [0.1, 0.15) is 0 Å². The van der Waals surface area contributed by atoms with Crippen LogP contribution in [0.2, 0.25) is 0 Å². The fourth-order valence-corrected chi connectivity index (χ4v) is 3.69. The zero-order chi connectivity index (χ0) is 13.2. The van der Waals surface area contributed by atoms with E-state index in [4.69, 9.17) is 11.6 Å². The predicted octanol–water partition coefficient (Wildman–Crippen LogP) is 3.73. The summed E-state index contributed by atoms with van der Waals surface area (Å²) in [5, 5.41) is 3.27. The van der Waals surface area contributed by atoms with Crippen LogP contribution >= 0.6 is 11.6 Å². The topological polar surface area (TPSA) is 29.1 Å². The van der Waals surface area contributed by atoms with Gasteiger partial charge in [0, 0.05) is 12.0 Å². The highest BCUT2D eigenvalue weighted by Crippen LogP contribution is 2.43. The van der Waals surface area contributed by atoms with E-state index < -0.39 is 0 Å². The molecule has 0 heterocycles. The maximum atomic E-state index is 12.5. The summed E-state index contributed by atoms with van der Waals surface area (Å²) in [6, 6.07) is 0. The van der Waals surface area contributed by atoms with Crippen molar-refractivity contribution in [2.24, 2.45) is 17.3 Å². The molecule has 0 aromatic heterocycles. The lowest BCUT2D eigenvalue weighted by molar-refractivity contribution is -0.131. The van der Waals surface area contributed by atoms with Gasteiger partial charge in [-0.3, -0.25) is 4.79 Å². The molecule has 2 aliphatic carbocycles. The van der Waals surface area contributed by atoms with Crippen LogP contribution in [0.3, 0.4) is 0 Å². The van der Waals surface area contributed by atoms with Crippen molar-refractivity contribution in [1.82, 2.24) is 5.32 Å². The molecule has 0 radical (unpaired) electrons. The molecule has 1 amide bonds. The second-order valence-corrected chi connectivity index (χ2v) is 7.21. The third kappa shape index (κ3) is 3.40. The molecule has 0 aliphatic heterocycles. The maximum Gasteiger partial charge on any atom is 0.226 e. The molecule has 2 saturated carbocycles. The minimum atomic E-state index is -0.0890. The van der Waals surface area contributed by atoms with E-state index in [2.05, 4.69) is 19.2 Å². The Bertz CT molecular complexity index is 293. The zero-order valence-corrected chi connectivity index (χ0v) is 12.4. The van der Waals surface area contributed by atoms with Crippen LogP contribution < -0.4 is 5.32 Å². The number of carbonyl (C=O) groups is 1. The van der Waals surface area contributed by atoms with E-state index in [1.807, 2.05) is 0 Å². The smallest absolute Gasteiger partial charge is 0.226 e.